The summed E-state index contributed by atoms with van der Waals surface area (Å²) in [6.45, 7) is 0. The number of carbonyl (C=O) groups is 1. The van der Waals surface area contributed by atoms with Crippen molar-refractivity contribution in [1.29, 1.82) is 0 Å². The van der Waals surface area contributed by atoms with Gasteiger partial charge in [-0.1, -0.05) is 6.07 Å². The summed E-state index contributed by atoms with van der Waals surface area (Å²) in [5.74, 6) is -0.200. The molecule has 2 N–H and O–H groups in total. The molecule has 0 fully saturated rings. The molecule has 92 valence electrons. The van der Waals surface area contributed by atoms with Gasteiger partial charge < -0.3 is 15.2 Å². The molecule has 1 aromatic carbocycles. The number of methoxy groups -OCH3 is 1. The maximum Gasteiger partial charge on any atom is 0.339 e. The Morgan fingerprint density at radius 2 is 2.22 bits per heavy atom. The van der Waals surface area contributed by atoms with Crippen molar-refractivity contribution < 1.29 is 14.6 Å². The van der Waals surface area contributed by atoms with Gasteiger partial charge in [0, 0.05) is 11.8 Å². The quantitative estimate of drug-likeness (QED) is 0.856. The van der Waals surface area contributed by atoms with Crippen molar-refractivity contribution in [1.82, 2.24) is 10.2 Å². The average molecular weight is 245 g/mol. The number of nitrogens with zero attached hydrogens (tertiary/aromatic N) is 2. The summed E-state index contributed by atoms with van der Waals surface area (Å²) >= 11 is 0. The van der Waals surface area contributed by atoms with Gasteiger partial charge in [0.1, 0.15) is 11.3 Å². The summed E-state index contributed by atoms with van der Waals surface area (Å²) in [7, 11) is 1.56. The van der Waals surface area contributed by atoms with Gasteiger partial charge in [0.15, 0.2) is 5.82 Å². The van der Waals surface area contributed by atoms with Crippen LogP contribution in [0.25, 0.3) is 0 Å². The van der Waals surface area contributed by atoms with Crippen LogP contribution in [0.4, 0.5) is 11.5 Å². The molecule has 0 radical (unpaired) electrons. The van der Waals surface area contributed by atoms with Crippen LogP contribution in [-0.2, 0) is 0 Å². The van der Waals surface area contributed by atoms with Gasteiger partial charge in [-0.15, -0.1) is 5.10 Å². The van der Waals surface area contributed by atoms with Gasteiger partial charge in [-0.3, -0.25) is 0 Å². The highest BCUT2D eigenvalue weighted by Crippen LogP contribution is 2.21. The maximum atomic E-state index is 11.0. The molecular weight excluding hydrogens is 234 g/mol. The second kappa shape index (κ2) is 5.13. The highest BCUT2D eigenvalue weighted by atomic mass is 16.5. The number of ether oxygens (including phenoxy) is 1. The van der Waals surface area contributed by atoms with Crippen LogP contribution < -0.4 is 10.1 Å². The highest BCUT2D eigenvalue weighted by molar-refractivity contribution is 5.93. The van der Waals surface area contributed by atoms with Gasteiger partial charge >= 0.3 is 5.97 Å². The molecule has 18 heavy (non-hydrogen) atoms. The number of rotatable bonds is 4. The first-order chi connectivity index (χ1) is 8.70. The molecule has 0 amide bonds. The van der Waals surface area contributed by atoms with E-state index in [1.165, 1.54) is 12.3 Å². The van der Waals surface area contributed by atoms with Crippen LogP contribution in [0.1, 0.15) is 10.4 Å². The largest absolute Gasteiger partial charge is 0.497 e. The first-order valence-electron chi connectivity index (χ1n) is 5.17. The summed E-state index contributed by atoms with van der Waals surface area (Å²) in [4.78, 5) is 11.0. The summed E-state index contributed by atoms with van der Waals surface area (Å²) in [5.41, 5.74) is 0.741. The molecule has 0 saturated heterocycles. The number of hydrogen-bond acceptors (Lipinski definition) is 5. The minimum absolute atomic E-state index is 0.0628. The van der Waals surface area contributed by atoms with Gasteiger partial charge in [-0.25, -0.2) is 4.79 Å². The molecule has 0 aliphatic carbocycles. The van der Waals surface area contributed by atoms with Gasteiger partial charge in [0.05, 0.1) is 13.3 Å². The Balaban J connectivity index is 2.31. The van der Waals surface area contributed by atoms with E-state index in [4.69, 9.17) is 9.84 Å². The number of aromatic carboxylic acids is 1. The molecular formula is C12H11N3O3. The average Bonchev–Trinajstić information content (AvgIpc) is 2.39. The molecule has 0 aliphatic rings. The Morgan fingerprint density at radius 1 is 1.39 bits per heavy atom. The molecule has 6 nitrogen and oxygen atoms in total. The zero-order chi connectivity index (χ0) is 13.0. The number of carboxylic acid groups (broad SMARTS) is 1. The van der Waals surface area contributed by atoms with Crippen LogP contribution in [-0.4, -0.2) is 28.4 Å². The Morgan fingerprint density at radius 3 is 2.94 bits per heavy atom. The lowest BCUT2D eigenvalue weighted by Gasteiger charge is -2.08. The lowest BCUT2D eigenvalue weighted by molar-refractivity contribution is 0.0697. The smallest absolute Gasteiger partial charge is 0.339 e. The normalized spacial score (nSPS) is 9.83. The fourth-order valence-electron chi connectivity index (χ4n) is 1.43. The van der Waals surface area contributed by atoms with Gasteiger partial charge in [-0.05, 0) is 18.2 Å². The number of aromatic nitrogens is 2. The zero-order valence-electron chi connectivity index (χ0n) is 9.62. The predicted molar refractivity (Wildman–Crippen MR) is 65.3 cm³/mol. The molecule has 0 saturated carbocycles. The van der Waals surface area contributed by atoms with Crippen molar-refractivity contribution >= 4 is 17.5 Å². The fraction of sp³-hybridized carbons (Fsp3) is 0.0833. The molecule has 0 atom stereocenters. The van der Waals surface area contributed by atoms with E-state index in [0.29, 0.717) is 11.4 Å². The number of nitrogens with one attached hydrogen (secondary N) is 1. The standard InChI is InChI=1S/C12H11N3O3/c1-18-9-4-2-3-8(7-9)14-11-10(12(16)17)5-6-13-15-11/h2-7H,1H3,(H,14,15)(H,16,17). The number of hydrogen-bond donors (Lipinski definition) is 2. The summed E-state index contributed by atoms with van der Waals surface area (Å²) in [5, 5.41) is 19.3. The van der Waals surface area contributed by atoms with Crippen molar-refractivity contribution in [3.05, 3.63) is 42.1 Å². The summed E-state index contributed by atoms with van der Waals surface area (Å²) in [6.07, 6.45) is 1.33. The maximum absolute atomic E-state index is 11.0. The summed E-state index contributed by atoms with van der Waals surface area (Å²) < 4.78 is 5.08. The first kappa shape index (κ1) is 11.8. The van der Waals surface area contributed by atoms with Crippen molar-refractivity contribution in [2.75, 3.05) is 12.4 Å². The fourth-order valence-corrected chi connectivity index (χ4v) is 1.43. The second-order valence-corrected chi connectivity index (χ2v) is 3.46. The molecule has 0 bridgehead atoms. The predicted octanol–water partition coefficient (Wildman–Crippen LogP) is 1.93. The summed E-state index contributed by atoms with van der Waals surface area (Å²) in [6, 6.07) is 8.49. The highest BCUT2D eigenvalue weighted by Gasteiger charge is 2.11. The van der Waals surface area contributed by atoms with E-state index in [9.17, 15) is 4.79 Å². The van der Waals surface area contributed by atoms with E-state index in [1.54, 1.807) is 31.4 Å². The van der Waals surface area contributed by atoms with Crippen molar-refractivity contribution in [2.45, 2.75) is 0 Å². The van der Waals surface area contributed by atoms with Crippen LogP contribution in [0.15, 0.2) is 36.5 Å². The van der Waals surface area contributed by atoms with Crippen LogP contribution in [0, 0.1) is 0 Å². The number of carboxylic acids is 1. The topological polar surface area (TPSA) is 84.3 Å². The molecule has 0 spiro atoms. The third kappa shape index (κ3) is 2.54. The molecule has 0 aliphatic heterocycles. The van der Waals surface area contributed by atoms with Crippen molar-refractivity contribution in [3.63, 3.8) is 0 Å². The third-order valence-electron chi connectivity index (χ3n) is 2.28. The van der Waals surface area contributed by atoms with Crippen molar-refractivity contribution in [2.24, 2.45) is 0 Å². The number of benzene rings is 1. The van der Waals surface area contributed by atoms with Gasteiger partial charge in [-0.2, -0.15) is 5.10 Å². The number of anilines is 2. The van der Waals surface area contributed by atoms with Crippen LogP contribution in [0.2, 0.25) is 0 Å². The van der Waals surface area contributed by atoms with E-state index in [2.05, 4.69) is 15.5 Å². The van der Waals surface area contributed by atoms with E-state index in [0.717, 1.165) is 0 Å². The molecule has 6 heteroatoms. The van der Waals surface area contributed by atoms with E-state index >= 15 is 0 Å². The third-order valence-corrected chi connectivity index (χ3v) is 2.28. The SMILES string of the molecule is COc1cccc(Nc2nnccc2C(=O)O)c1. The van der Waals surface area contributed by atoms with Crippen molar-refractivity contribution in [3.8, 4) is 5.75 Å². The Bertz CT molecular complexity index is 572. The monoisotopic (exact) mass is 245 g/mol. The molecule has 1 heterocycles. The second-order valence-electron chi connectivity index (χ2n) is 3.46. The Labute approximate surface area is 103 Å². The molecule has 0 unspecified atom stereocenters. The van der Waals surface area contributed by atoms with Crippen LogP contribution >= 0.6 is 0 Å². The Kier molecular flexibility index (Phi) is 3.38. The minimum Gasteiger partial charge on any atom is -0.497 e. The van der Waals surface area contributed by atoms with E-state index < -0.39 is 5.97 Å². The zero-order valence-corrected chi connectivity index (χ0v) is 9.62. The lowest BCUT2D eigenvalue weighted by Crippen LogP contribution is -2.05. The lowest BCUT2D eigenvalue weighted by atomic mass is 10.2. The van der Waals surface area contributed by atoms with Crippen LogP contribution in [0.3, 0.4) is 0 Å². The van der Waals surface area contributed by atoms with E-state index in [1.807, 2.05) is 0 Å². The molecule has 2 rings (SSSR count). The van der Waals surface area contributed by atoms with E-state index in [-0.39, 0.29) is 11.4 Å². The first-order valence-corrected chi connectivity index (χ1v) is 5.17. The van der Waals surface area contributed by atoms with Gasteiger partial charge in [0.2, 0.25) is 0 Å². The molecule has 1 aromatic heterocycles. The molecule has 2 aromatic rings. The van der Waals surface area contributed by atoms with Crippen LogP contribution in [0.5, 0.6) is 5.75 Å². The minimum atomic E-state index is -1.06. The van der Waals surface area contributed by atoms with Gasteiger partial charge in [0.25, 0.3) is 0 Å². The Hall–Kier alpha value is -2.63.